The fourth-order valence-corrected chi connectivity index (χ4v) is 2.91. The zero-order valence-electron chi connectivity index (χ0n) is 13.4. The third-order valence-electron chi connectivity index (χ3n) is 3.78. The van der Waals surface area contributed by atoms with Crippen molar-refractivity contribution in [1.82, 2.24) is 5.32 Å². The summed E-state index contributed by atoms with van der Waals surface area (Å²) >= 11 is 3.56. The summed E-state index contributed by atoms with van der Waals surface area (Å²) in [6.07, 6.45) is 0. The second kappa shape index (κ2) is 8.67. The summed E-state index contributed by atoms with van der Waals surface area (Å²) in [5, 5.41) is 3.39. The van der Waals surface area contributed by atoms with E-state index in [0.717, 1.165) is 23.3 Å². The van der Waals surface area contributed by atoms with Gasteiger partial charge in [0.1, 0.15) is 12.4 Å². The van der Waals surface area contributed by atoms with Gasteiger partial charge in [0.2, 0.25) is 0 Å². The van der Waals surface area contributed by atoms with Gasteiger partial charge in [-0.05, 0) is 34.9 Å². The van der Waals surface area contributed by atoms with E-state index in [1.54, 1.807) is 0 Å². The molecule has 0 saturated heterocycles. The van der Waals surface area contributed by atoms with Crippen molar-refractivity contribution in [2.75, 3.05) is 13.2 Å². The first-order valence-corrected chi connectivity index (χ1v) is 8.84. The maximum Gasteiger partial charge on any atom is 0.119 e. The molecule has 0 atom stereocenters. The summed E-state index contributed by atoms with van der Waals surface area (Å²) in [4.78, 5) is 0. The van der Waals surface area contributed by atoms with Crippen LogP contribution in [0.15, 0.2) is 83.3 Å². The van der Waals surface area contributed by atoms with Gasteiger partial charge in [-0.25, -0.2) is 0 Å². The van der Waals surface area contributed by atoms with Crippen LogP contribution >= 0.6 is 15.9 Å². The van der Waals surface area contributed by atoms with Gasteiger partial charge in [0, 0.05) is 17.6 Å². The van der Waals surface area contributed by atoms with E-state index < -0.39 is 0 Å². The van der Waals surface area contributed by atoms with E-state index in [2.05, 4.69) is 69.8 Å². The number of nitrogens with one attached hydrogen (secondary N) is 1. The highest BCUT2D eigenvalue weighted by Gasteiger charge is 1.99. The van der Waals surface area contributed by atoms with Crippen molar-refractivity contribution in [1.29, 1.82) is 0 Å². The van der Waals surface area contributed by atoms with Crippen LogP contribution in [0.25, 0.3) is 11.1 Å². The summed E-state index contributed by atoms with van der Waals surface area (Å²) in [6, 6.07) is 26.8. The molecule has 1 N–H and O–H groups in total. The fraction of sp³-hybridized carbons (Fsp3) is 0.143. The van der Waals surface area contributed by atoms with Crippen molar-refractivity contribution >= 4 is 15.9 Å². The monoisotopic (exact) mass is 381 g/mol. The number of halogens is 1. The summed E-state index contributed by atoms with van der Waals surface area (Å²) in [5.74, 6) is 0.900. The van der Waals surface area contributed by atoms with Gasteiger partial charge < -0.3 is 10.1 Å². The highest BCUT2D eigenvalue weighted by molar-refractivity contribution is 9.10. The third-order valence-corrected chi connectivity index (χ3v) is 4.56. The molecule has 0 fully saturated rings. The van der Waals surface area contributed by atoms with E-state index >= 15 is 0 Å². The molecule has 0 aliphatic heterocycles. The minimum Gasteiger partial charge on any atom is -0.492 e. The van der Waals surface area contributed by atoms with Gasteiger partial charge in [0.15, 0.2) is 0 Å². The number of benzene rings is 3. The van der Waals surface area contributed by atoms with Crippen molar-refractivity contribution in [3.63, 3.8) is 0 Å². The van der Waals surface area contributed by atoms with Crippen LogP contribution < -0.4 is 10.1 Å². The Morgan fingerprint density at radius 3 is 2.17 bits per heavy atom. The zero-order chi connectivity index (χ0) is 16.6. The lowest BCUT2D eigenvalue weighted by Crippen LogP contribution is -2.20. The normalized spacial score (nSPS) is 10.5. The molecule has 122 valence electrons. The van der Waals surface area contributed by atoms with E-state index in [-0.39, 0.29) is 0 Å². The minimum absolute atomic E-state index is 0.648. The summed E-state index contributed by atoms with van der Waals surface area (Å²) < 4.78 is 6.93. The van der Waals surface area contributed by atoms with Gasteiger partial charge in [0.25, 0.3) is 0 Å². The molecule has 0 bridgehead atoms. The van der Waals surface area contributed by atoms with Crippen LogP contribution in [0, 0.1) is 0 Å². The zero-order valence-corrected chi connectivity index (χ0v) is 15.0. The highest BCUT2D eigenvalue weighted by Crippen LogP contribution is 2.22. The van der Waals surface area contributed by atoms with Crippen LogP contribution in [0.4, 0.5) is 0 Å². The Hall–Kier alpha value is -2.10. The van der Waals surface area contributed by atoms with E-state index in [1.807, 2.05) is 30.3 Å². The first-order chi connectivity index (χ1) is 11.8. The van der Waals surface area contributed by atoms with Crippen molar-refractivity contribution < 1.29 is 4.74 Å². The Bertz CT molecular complexity index is 756. The molecule has 3 aromatic rings. The molecule has 24 heavy (non-hydrogen) atoms. The first kappa shape index (κ1) is 16.7. The summed E-state index contributed by atoms with van der Waals surface area (Å²) in [5.41, 5.74) is 3.68. The van der Waals surface area contributed by atoms with Crippen molar-refractivity contribution in [2.24, 2.45) is 0 Å². The number of ether oxygens (including phenoxy) is 1. The molecule has 3 heteroatoms. The van der Waals surface area contributed by atoms with Crippen LogP contribution in [-0.2, 0) is 6.54 Å². The molecule has 0 unspecified atom stereocenters. The van der Waals surface area contributed by atoms with Crippen molar-refractivity contribution in [3.05, 3.63) is 88.9 Å². The third kappa shape index (κ3) is 4.70. The maximum absolute atomic E-state index is 5.79. The van der Waals surface area contributed by atoms with Gasteiger partial charge in [-0.1, -0.05) is 76.6 Å². The van der Waals surface area contributed by atoms with E-state index in [9.17, 15) is 0 Å². The second-order valence-corrected chi connectivity index (χ2v) is 6.36. The molecular weight excluding hydrogens is 362 g/mol. The SMILES string of the molecule is Brc1ccccc1CNCCOc1ccc(-c2ccccc2)cc1. The van der Waals surface area contributed by atoms with Crippen LogP contribution in [0.2, 0.25) is 0 Å². The molecule has 2 nitrogen and oxygen atoms in total. The van der Waals surface area contributed by atoms with E-state index in [0.29, 0.717) is 6.61 Å². The molecule has 0 saturated carbocycles. The Labute approximate surface area is 151 Å². The Morgan fingerprint density at radius 1 is 0.750 bits per heavy atom. The molecule has 3 aromatic carbocycles. The molecule has 0 radical (unpaired) electrons. The van der Waals surface area contributed by atoms with Gasteiger partial charge in [-0.3, -0.25) is 0 Å². The maximum atomic E-state index is 5.79. The Kier molecular flexibility index (Phi) is 6.05. The molecular formula is C21H20BrNO. The molecule has 0 aliphatic carbocycles. The minimum atomic E-state index is 0.648. The topological polar surface area (TPSA) is 21.3 Å². The summed E-state index contributed by atoms with van der Waals surface area (Å²) in [7, 11) is 0. The molecule has 0 aliphatic rings. The van der Waals surface area contributed by atoms with Gasteiger partial charge in [-0.2, -0.15) is 0 Å². The van der Waals surface area contributed by atoms with Gasteiger partial charge in [0.05, 0.1) is 0 Å². The molecule has 3 rings (SSSR count). The first-order valence-electron chi connectivity index (χ1n) is 8.05. The van der Waals surface area contributed by atoms with Crippen molar-refractivity contribution in [2.45, 2.75) is 6.54 Å². The number of hydrogen-bond acceptors (Lipinski definition) is 2. The van der Waals surface area contributed by atoms with Gasteiger partial charge in [-0.15, -0.1) is 0 Å². The predicted molar refractivity (Wildman–Crippen MR) is 103 cm³/mol. The van der Waals surface area contributed by atoms with Crippen LogP contribution in [0.5, 0.6) is 5.75 Å². The molecule has 0 spiro atoms. The lowest BCUT2D eigenvalue weighted by Gasteiger charge is -2.09. The Balaban J connectivity index is 1.43. The van der Waals surface area contributed by atoms with E-state index in [4.69, 9.17) is 4.74 Å². The van der Waals surface area contributed by atoms with Crippen LogP contribution in [-0.4, -0.2) is 13.2 Å². The molecule has 0 heterocycles. The summed E-state index contributed by atoms with van der Waals surface area (Å²) in [6.45, 7) is 2.29. The quantitative estimate of drug-likeness (QED) is 0.561. The average Bonchev–Trinajstić information content (AvgIpc) is 2.64. The smallest absolute Gasteiger partial charge is 0.119 e. The number of hydrogen-bond donors (Lipinski definition) is 1. The fourth-order valence-electron chi connectivity index (χ4n) is 2.48. The highest BCUT2D eigenvalue weighted by atomic mass is 79.9. The average molecular weight is 382 g/mol. The van der Waals surface area contributed by atoms with Crippen LogP contribution in [0.1, 0.15) is 5.56 Å². The molecule has 0 amide bonds. The predicted octanol–water partition coefficient (Wildman–Crippen LogP) is 5.28. The second-order valence-electron chi connectivity index (χ2n) is 5.51. The largest absolute Gasteiger partial charge is 0.492 e. The van der Waals surface area contributed by atoms with Gasteiger partial charge >= 0.3 is 0 Å². The standard InChI is InChI=1S/C21H20BrNO/c22-21-9-5-4-8-19(21)16-23-14-15-24-20-12-10-18(11-13-20)17-6-2-1-3-7-17/h1-13,23H,14-16H2. The molecule has 0 aromatic heterocycles. The van der Waals surface area contributed by atoms with Crippen LogP contribution in [0.3, 0.4) is 0 Å². The lowest BCUT2D eigenvalue weighted by atomic mass is 10.1. The lowest BCUT2D eigenvalue weighted by molar-refractivity contribution is 0.313. The number of rotatable bonds is 7. The van der Waals surface area contributed by atoms with Crippen molar-refractivity contribution in [3.8, 4) is 16.9 Å². The van der Waals surface area contributed by atoms with E-state index in [1.165, 1.54) is 16.7 Å². The Morgan fingerprint density at radius 2 is 1.42 bits per heavy atom.